The molecule has 0 amide bonds. The zero-order valence-corrected chi connectivity index (χ0v) is 6.83. The van der Waals surface area contributed by atoms with Crippen LogP contribution in [0.15, 0.2) is 0 Å². The van der Waals surface area contributed by atoms with Gasteiger partial charge in [0.25, 0.3) is 0 Å². The summed E-state index contributed by atoms with van der Waals surface area (Å²) in [6.07, 6.45) is 0. The molecule has 0 saturated heterocycles. The number of nitrogens with two attached hydrogens (primary N) is 2. The van der Waals surface area contributed by atoms with E-state index in [1.807, 2.05) is 0 Å². The fourth-order valence-corrected chi connectivity index (χ4v) is 0.355. The van der Waals surface area contributed by atoms with Crippen molar-refractivity contribution in [3.63, 3.8) is 0 Å². The van der Waals surface area contributed by atoms with Gasteiger partial charge >= 0.3 is 0 Å². The third-order valence-corrected chi connectivity index (χ3v) is 0.660. The minimum Gasteiger partial charge on any atom is -0.378 e. The third-order valence-electron chi connectivity index (χ3n) is 0.220. The highest BCUT2D eigenvalue weighted by Crippen LogP contribution is 1.92. The Morgan fingerprint density at radius 3 is 1.22 bits per heavy atom. The summed E-state index contributed by atoms with van der Waals surface area (Å²) in [5.74, 6) is 0. The molecule has 0 radical (unpaired) electrons. The molecule has 0 aliphatic heterocycles. The van der Waals surface area contributed by atoms with Crippen LogP contribution in [0.5, 0.6) is 0 Å². The van der Waals surface area contributed by atoms with Crippen molar-refractivity contribution in [3.05, 3.63) is 0 Å². The monoisotopic (exact) mass is 190 g/mol. The number of amidine groups is 2. The second-order valence-electron chi connectivity index (χ2n) is 0.831. The summed E-state index contributed by atoms with van der Waals surface area (Å²) in [5, 5.41) is 12.8. The van der Waals surface area contributed by atoms with Gasteiger partial charge in [-0.05, 0) is 11.8 Å². The van der Waals surface area contributed by atoms with Crippen LogP contribution in [0.1, 0.15) is 0 Å². The summed E-state index contributed by atoms with van der Waals surface area (Å²) in [6, 6.07) is 0. The van der Waals surface area contributed by atoms with Gasteiger partial charge in [0.15, 0.2) is 10.3 Å². The lowest BCUT2D eigenvalue weighted by atomic mass is 11.4. The first-order valence-corrected chi connectivity index (χ1v) is 2.30. The average molecular weight is 191 g/mol. The Labute approximate surface area is 69.6 Å². The van der Waals surface area contributed by atoms with E-state index in [0.29, 0.717) is 0 Å². The van der Waals surface area contributed by atoms with Crippen molar-refractivity contribution in [1.29, 1.82) is 10.8 Å². The summed E-state index contributed by atoms with van der Waals surface area (Å²) < 4.78 is 0. The van der Waals surface area contributed by atoms with Crippen molar-refractivity contribution in [2.45, 2.75) is 0 Å². The molecule has 0 unspecified atom stereocenters. The molecular weight excluding hydrogens is 183 g/mol. The highest BCUT2D eigenvalue weighted by Gasteiger charge is 1.89. The molecule has 6 N–H and O–H groups in total. The van der Waals surface area contributed by atoms with Crippen molar-refractivity contribution in [2.75, 3.05) is 0 Å². The third kappa shape index (κ3) is 18.1. The zero-order valence-electron chi connectivity index (χ0n) is 4.38. The number of rotatable bonds is 0. The highest BCUT2D eigenvalue weighted by atomic mass is 35.5. The Kier molecular flexibility index (Phi) is 13.9. The molecule has 0 spiro atoms. The van der Waals surface area contributed by atoms with Crippen molar-refractivity contribution < 1.29 is 0 Å². The summed E-state index contributed by atoms with van der Waals surface area (Å²) in [5.41, 5.74) is 9.64. The molecule has 0 aromatic carbocycles. The fraction of sp³-hybridized carbons (Fsp3) is 0. The maximum Gasteiger partial charge on any atom is 0.158 e. The maximum atomic E-state index is 6.54. The van der Waals surface area contributed by atoms with Gasteiger partial charge in [-0.3, -0.25) is 10.8 Å². The molecule has 0 heterocycles. The van der Waals surface area contributed by atoms with Gasteiger partial charge in [-0.1, -0.05) is 0 Å². The number of halogens is 2. The first-order valence-electron chi connectivity index (χ1n) is 1.49. The van der Waals surface area contributed by atoms with E-state index in [0.717, 1.165) is 11.8 Å². The van der Waals surface area contributed by atoms with E-state index in [4.69, 9.17) is 22.3 Å². The van der Waals surface area contributed by atoms with E-state index in [9.17, 15) is 0 Å². The van der Waals surface area contributed by atoms with Crippen molar-refractivity contribution in [3.8, 4) is 0 Å². The van der Waals surface area contributed by atoms with Crippen LogP contribution < -0.4 is 11.5 Å². The van der Waals surface area contributed by atoms with Crippen LogP contribution in [0.4, 0.5) is 0 Å². The lowest BCUT2D eigenvalue weighted by molar-refractivity contribution is 1.49. The molecule has 0 aromatic rings. The Balaban J connectivity index is -0.000000180. The van der Waals surface area contributed by atoms with E-state index in [-0.39, 0.29) is 35.1 Å². The van der Waals surface area contributed by atoms with Gasteiger partial charge in [-0.25, -0.2) is 0 Å². The van der Waals surface area contributed by atoms with Crippen LogP contribution in [0.2, 0.25) is 0 Å². The molecule has 0 rings (SSSR count). The van der Waals surface area contributed by atoms with E-state index < -0.39 is 0 Å². The Morgan fingerprint density at radius 2 is 1.22 bits per heavy atom. The lowest BCUT2D eigenvalue weighted by Gasteiger charge is -1.88. The molecular formula is C2H8Cl2N4S. The second kappa shape index (κ2) is 7.87. The molecule has 0 fully saturated rings. The predicted molar refractivity (Wildman–Crippen MR) is 45.9 cm³/mol. The summed E-state index contributed by atoms with van der Waals surface area (Å²) in [4.78, 5) is 0. The van der Waals surface area contributed by atoms with Crippen molar-refractivity contribution in [2.24, 2.45) is 11.5 Å². The quantitative estimate of drug-likeness (QED) is 0.328. The topological polar surface area (TPSA) is 99.7 Å². The van der Waals surface area contributed by atoms with Gasteiger partial charge in [0.05, 0.1) is 0 Å². The predicted octanol–water partition coefficient (Wildman–Crippen LogP) is 0.350. The first kappa shape index (κ1) is 15.9. The Morgan fingerprint density at radius 1 is 1.00 bits per heavy atom. The van der Waals surface area contributed by atoms with Gasteiger partial charge in [-0.2, -0.15) is 0 Å². The minimum absolute atomic E-state index is 0. The highest BCUT2D eigenvalue weighted by molar-refractivity contribution is 8.26. The second-order valence-corrected chi connectivity index (χ2v) is 1.91. The Hall–Kier alpha value is -0.130. The number of thioether (sulfide) groups is 1. The van der Waals surface area contributed by atoms with Gasteiger partial charge in [0, 0.05) is 0 Å². The zero-order chi connectivity index (χ0) is 5.86. The van der Waals surface area contributed by atoms with E-state index in [1.54, 1.807) is 0 Å². The number of hydrogen-bond donors (Lipinski definition) is 4. The smallest absolute Gasteiger partial charge is 0.158 e. The SMILES string of the molecule is Cl.Cl.N=C(N)SC(=N)N. The largest absolute Gasteiger partial charge is 0.378 e. The summed E-state index contributed by atoms with van der Waals surface area (Å²) in [7, 11) is 0. The molecule has 0 aliphatic carbocycles. The van der Waals surface area contributed by atoms with E-state index in [1.165, 1.54) is 0 Å². The molecule has 0 saturated carbocycles. The van der Waals surface area contributed by atoms with E-state index in [2.05, 4.69) is 0 Å². The number of hydrogen-bond acceptors (Lipinski definition) is 3. The molecule has 0 atom stereocenters. The lowest BCUT2D eigenvalue weighted by Crippen LogP contribution is -2.13. The molecule has 9 heavy (non-hydrogen) atoms. The average Bonchev–Trinajstić information content (AvgIpc) is 1.27. The van der Waals surface area contributed by atoms with Crippen LogP contribution >= 0.6 is 36.6 Å². The summed E-state index contributed by atoms with van der Waals surface area (Å²) in [6.45, 7) is 0. The molecule has 0 aromatic heterocycles. The van der Waals surface area contributed by atoms with Crippen molar-refractivity contribution >= 4 is 46.9 Å². The molecule has 56 valence electrons. The standard InChI is InChI=1S/C2H6N4S.2ClH/c3-1(4)7-2(5)6;;/h(H3,3,4)(H3,5,6);2*1H. The molecule has 4 nitrogen and oxygen atoms in total. The fourth-order valence-electron chi connectivity index (χ4n) is 0.118. The molecule has 0 aliphatic rings. The van der Waals surface area contributed by atoms with Gasteiger partial charge in [0.1, 0.15) is 0 Å². The van der Waals surface area contributed by atoms with Crippen LogP contribution in [-0.4, -0.2) is 10.3 Å². The van der Waals surface area contributed by atoms with Crippen LogP contribution in [0.25, 0.3) is 0 Å². The van der Waals surface area contributed by atoms with Crippen LogP contribution in [0, 0.1) is 10.8 Å². The van der Waals surface area contributed by atoms with Crippen LogP contribution in [-0.2, 0) is 0 Å². The molecule has 0 bridgehead atoms. The van der Waals surface area contributed by atoms with Gasteiger partial charge in [0.2, 0.25) is 0 Å². The van der Waals surface area contributed by atoms with Gasteiger partial charge in [-0.15, -0.1) is 24.8 Å². The van der Waals surface area contributed by atoms with Gasteiger partial charge < -0.3 is 11.5 Å². The van der Waals surface area contributed by atoms with E-state index >= 15 is 0 Å². The molecule has 7 heteroatoms. The Bertz CT molecular complexity index is 92.7. The summed E-state index contributed by atoms with van der Waals surface area (Å²) >= 11 is 0.731. The maximum absolute atomic E-state index is 6.54. The minimum atomic E-state index is -0.146. The normalized spacial score (nSPS) is 6.22. The number of nitrogens with one attached hydrogen (secondary N) is 2. The first-order chi connectivity index (χ1) is 3.13. The van der Waals surface area contributed by atoms with Crippen molar-refractivity contribution in [1.82, 2.24) is 0 Å². The van der Waals surface area contributed by atoms with Crippen LogP contribution in [0.3, 0.4) is 0 Å².